The van der Waals surface area contributed by atoms with Gasteiger partial charge in [0, 0.05) is 0 Å². The van der Waals surface area contributed by atoms with Gasteiger partial charge in [-0.1, -0.05) is 24.6 Å². The van der Waals surface area contributed by atoms with Crippen LogP contribution in [0.5, 0.6) is 5.75 Å². The van der Waals surface area contributed by atoms with Crippen molar-refractivity contribution in [3.8, 4) is 5.75 Å². The van der Waals surface area contributed by atoms with Crippen LogP contribution in [0.1, 0.15) is 42.9 Å². The molecular formula is C15H24O3. The number of ether oxygens (including phenoxy) is 1. The molecule has 0 aliphatic heterocycles. The van der Waals surface area contributed by atoms with Crippen LogP contribution in [0.3, 0.4) is 0 Å². The van der Waals surface area contributed by atoms with Crippen LogP contribution in [0.15, 0.2) is 12.1 Å². The summed E-state index contributed by atoms with van der Waals surface area (Å²) in [5, 5.41) is 18.5. The highest BCUT2D eigenvalue weighted by molar-refractivity contribution is 5.45. The molecular weight excluding hydrogens is 228 g/mol. The summed E-state index contributed by atoms with van der Waals surface area (Å²) in [6.45, 7) is 8.55. The van der Waals surface area contributed by atoms with Gasteiger partial charge in [0.25, 0.3) is 0 Å². The Bertz CT molecular complexity index is 388. The van der Waals surface area contributed by atoms with E-state index in [2.05, 4.69) is 26.0 Å². The average Bonchev–Trinajstić information content (AvgIpc) is 2.32. The molecule has 2 N–H and O–H groups in total. The summed E-state index contributed by atoms with van der Waals surface area (Å²) in [7, 11) is 0. The van der Waals surface area contributed by atoms with Crippen molar-refractivity contribution >= 4 is 0 Å². The molecule has 0 saturated carbocycles. The number of benzene rings is 1. The smallest absolute Gasteiger partial charge is 0.125 e. The highest BCUT2D eigenvalue weighted by Crippen LogP contribution is 2.33. The molecule has 0 heterocycles. The first-order valence-electron chi connectivity index (χ1n) is 6.52. The zero-order valence-corrected chi connectivity index (χ0v) is 11.7. The third-order valence-electron chi connectivity index (χ3n) is 3.10. The van der Waals surface area contributed by atoms with Crippen molar-refractivity contribution < 1.29 is 14.9 Å². The number of hydrogen-bond acceptors (Lipinski definition) is 3. The predicted octanol–water partition coefficient (Wildman–Crippen LogP) is 2.55. The Morgan fingerprint density at radius 1 is 1.28 bits per heavy atom. The Labute approximate surface area is 109 Å². The molecule has 18 heavy (non-hydrogen) atoms. The van der Waals surface area contributed by atoms with Gasteiger partial charge in [-0.25, -0.2) is 0 Å². The second-order valence-corrected chi connectivity index (χ2v) is 4.91. The van der Waals surface area contributed by atoms with Gasteiger partial charge in [-0.05, 0) is 44.2 Å². The fourth-order valence-electron chi connectivity index (χ4n) is 2.30. The summed E-state index contributed by atoms with van der Waals surface area (Å²) in [4.78, 5) is 0. The molecule has 0 amide bonds. The molecule has 2 unspecified atom stereocenters. The number of rotatable bonds is 6. The van der Waals surface area contributed by atoms with Crippen LogP contribution in [0.2, 0.25) is 0 Å². The summed E-state index contributed by atoms with van der Waals surface area (Å²) in [6.07, 6.45) is -0.130. The molecule has 1 aromatic rings. The van der Waals surface area contributed by atoms with E-state index in [1.807, 2.05) is 13.8 Å². The van der Waals surface area contributed by atoms with E-state index in [9.17, 15) is 5.11 Å². The van der Waals surface area contributed by atoms with E-state index < -0.39 is 6.10 Å². The summed E-state index contributed by atoms with van der Waals surface area (Å²) >= 11 is 0. The van der Waals surface area contributed by atoms with Crippen molar-refractivity contribution in [1.82, 2.24) is 0 Å². The van der Waals surface area contributed by atoms with Crippen molar-refractivity contribution in [2.24, 2.45) is 0 Å². The van der Waals surface area contributed by atoms with E-state index in [0.717, 1.165) is 16.9 Å². The lowest BCUT2D eigenvalue weighted by molar-refractivity contribution is 0.0832. The van der Waals surface area contributed by atoms with Crippen LogP contribution >= 0.6 is 0 Å². The first kappa shape index (κ1) is 15.0. The van der Waals surface area contributed by atoms with Gasteiger partial charge in [0.1, 0.15) is 5.75 Å². The maximum absolute atomic E-state index is 9.56. The van der Waals surface area contributed by atoms with E-state index >= 15 is 0 Å². The highest BCUT2D eigenvalue weighted by Gasteiger charge is 2.17. The van der Waals surface area contributed by atoms with Gasteiger partial charge in [0.2, 0.25) is 0 Å². The standard InChI is InChI=1S/C15H24O3/c1-5-18-15-12(4)6-10(2)7-14(15)11(3)8-13(17)9-16/h6-7,11,13,16-17H,5,8-9H2,1-4H3. The Balaban J connectivity index is 3.04. The second-order valence-electron chi connectivity index (χ2n) is 4.91. The average molecular weight is 252 g/mol. The topological polar surface area (TPSA) is 49.7 Å². The summed E-state index contributed by atoms with van der Waals surface area (Å²) < 4.78 is 5.71. The SMILES string of the molecule is CCOc1c(C)cc(C)cc1C(C)CC(O)CO. The Morgan fingerprint density at radius 2 is 1.94 bits per heavy atom. The van der Waals surface area contributed by atoms with Crippen molar-refractivity contribution in [1.29, 1.82) is 0 Å². The summed E-state index contributed by atoms with van der Waals surface area (Å²) in [5.74, 6) is 1.08. The van der Waals surface area contributed by atoms with Crippen molar-refractivity contribution in [2.75, 3.05) is 13.2 Å². The quantitative estimate of drug-likeness (QED) is 0.818. The molecule has 0 aliphatic carbocycles. The van der Waals surface area contributed by atoms with Crippen molar-refractivity contribution in [2.45, 2.75) is 46.1 Å². The molecule has 0 radical (unpaired) electrons. The molecule has 0 spiro atoms. The zero-order valence-electron chi connectivity index (χ0n) is 11.7. The van der Waals surface area contributed by atoms with E-state index in [-0.39, 0.29) is 12.5 Å². The van der Waals surface area contributed by atoms with Gasteiger partial charge >= 0.3 is 0 Å². The fourth-order valence-corrected chi connectivity index (χ4v) is 2.30. The van der Waals surface area contributed by atoms with Crippen LogP contribution in [0.4, 0.5) is 0 Å². The van der Waals surface area contributed by atoms with Gasteiger partial charge in [0.15, 0.2) is 0 Å². The third kappa shape index (κ3) is 3.72. The monoisotopic (exact) mass is 252 g/mol. The van der Waals surface area contributed by atoms with Gasteiger partial charge in [0.05, 0.1) is 19.3 Å². The molecule has 3 heteroatoms. The Kier molecular flexibility index (Phi) is 5.63. The van der Waals surface area contributed by atoms with Crippen LogP contribution < -0.4 is 4.74 Å². The van der Waals surface area contributed by atoms with Gasteiger partial charge in [-0.2, -0.15) is 0 Å². The van der Waals surface area contributed by atoms with Gasteiger partial charge in [-0.15, -0.1) is 0 Å². The van der Waals surface area contributed by atoms with E-state index in [1.54, 1.807) is 0 Å². The van der Waals surface area contributed by atoms with E-state index in [1.165, 1.54) is 5.56 Å². The fraction of sp³-hybridized carbons (Fsp3) is 0.600. The number of hydrogen-bond donors (Lipinski definition) is 2. The maximum Gasteiger partial charge on any atom is 0.125 e. The summed E-state index contributed by atoms with van der Waals surface area (Å²) in [5.41, 5.74) is 3.43. The molecule has 0 fully saturated rings. The van der Waals surface area contributed by atoms with Gasteiger partial charge < -0.3 is 14.9 Å². The first-order valence-corrected chi connectivity index (χ1v) is 6.52. The molecule has 2 atom stereocenters. The van der Waals surface area contributed by atoms with Crippen molar-refractivity contribution in [3.05, 3.63) is 28.8 Å². The number of aryl methyl sites for hydroxylation is 2. The van der Waals surface area contributed by atoms with Gasteiger partial charge in [-0.3, -0.25) is 0 Å². The molecule has 0 aliphatic rings. The minimum Gasteiger partial charge on any atom is -0.493 e. The lowest BCUT2D eigenvalue weighted by Crippen LogP contribution is -2.16. The van der Waals surface area contributed by atoms with Crippen LogP contribution in [0, 0.1) is 13.8 Å². The number of aliphatic hydroxyl groups excluding tert-OH is 2. The normalized spacial score (nSPS) is 14.3. The van der Waals surface area contributed by atoms with Crippen LogP contribution in [0.25, 0.3) is 0 Å². The van der Waals surface area contributed by atoms with E-state index in [4.69, 9.17) is 9.84 Å². The van der Waals surface area contributed by atoms with Crippen LogP contribution in [-0.2, 0) is 0 Å². The number of aliphatic hydroxyl groups is 2. The van der Waals surface area contributed by atoms with Crippen LogP contribution in [-0.4, -0.2) is 29.5 Å². The Morgan fingerprint density at radius 3 is 2.50 bits per heavy atom. The molecule has 0 bridgehead atoms. The third-order valence-corrected chi connectivity index (χ3v) is 3.10. The van der Waals surface area contributed by atoms with E-state index in [0.29, 0.717) is 13.0 Å². The predicted molar refractivity (Wildman–Crippen MR) is 73.2 cm³/mol. The molecule has 0 saturated heterocycles. The largest absolute Gasteiger partial charge is 0.493 e. The molecule has 1 rings (SSSR count). The minimum absolute atomic E-state index is 0.160. The first-order chi connectivity index (χ1) is 8.49. The lowest BCUT2D eigenvalue weighted by Gasteiger charge is -2.21. The lowest BCUT2D eigenvalue weighted by atomic mass is 9.91. The molecule has 0 aromatic heterocycles. The minimum atomic E-state index is -0.671. The van der Waals surface area contributed by atoms with Crippen molar-refractivity contribution in [3.63, 3.8) is 0 Å². The zero-order chi connectivity index (χ0) is 13.7. The highest BCUT2D eigenvalue weighted by atomic mass is 16.5. The maximum atomic E-state index is 9.56. The molecule has 1 aromatic carbocycles. The Hall–Kier alpha value is -1.06. The summed E-state index contributed by atoms with van der Waals surface area (Å²) in [6, 6.07) is 4.20. The second kappa shape index (κ2) is 6.76. The molecule has 3 nitrogen and oxygen atoms in total. The molecule has 102 valence electrons.